The van der Waals surface area contributed by atoms with Gasteiger partial charge in [-0.05, 0) is 50.3 Å². The van der Waals surface area contributed by atoms with E-state index in [0.717, 1.165) is 29.8 Å². The molecule has 1 amide bonds. The Morgan fingerprint density at radius 3 is 2.76 bits per heavy atom. The second-order valence-electron chi connectivity index (χ2n) is 5.63. The monoisotopic (exact) mass is 285 g/mol. The molecule has 0 atom stereocenters. The van der Waals surface area contributed by atoms with E-state index < -0.39 is 0 Å². The maximum absolute atomic E-state index is 12.7. The van der Waals surface area contributed by atoms with Crippen molar-refractivity contribution in [3.8, 4) is 11.8 Å². The molecule has 0 radical (unpaired) electrons. The minimum absolute atomic E-state index is 0.0922. The average Bonchev–Trinajstić information content (AvgIpc) is 2.45. The van der Waals surface area contributed by atoms with Gasteiger partial charge in [0.15, 0.2) is 0 Å². The minimum Gasteiger partial charge on any atom is -0.384 e. The summed E-state index contributed by atoms with van der Waals surface area (Å²) in [5.74, 6) is 6.26. The normalized spacial score (nSPS) is 14.0. The quantitative estimate of drug-likeness (QED) is 0.864. The predicted molar refractivity (Wildman–Crippen MR) is 84.1 cm³/mol. The minimum atomic E-state index is -0.167. The number of aryl methyl sites for hydroxylation is 1. The van der Waals surface area contributed by atoms with Crippen LogP contribution >= 0.6 is 0 Å². The highest BCUT2D eigenvalue weighted by Crippen LogP contribution is 2.27. The standard InChI is InChI=1S/C18H23NO2/c1-3-19(13-16-6-4-7-16)18(21)17-12-15(8-5-11-20)10-9-14(17)2/h9-10,12,16,20H,3-4,6-7,11,13H2,1-2H3. The van der Waals surface area contributed by atoms with Gasteiger partial charge in [0.2, 0.25) is 0 Å². The molecule has 1 N–H and O–H groups in total. The summed E-state index contributed by atoms with van der Waals surface area (Å²) in [6.07, 6.45) is 3.78. The van der Waals surface area contributed by atoms with Crippen molar-refractivity contribution in [1.29, 1.82) is 0 Å². The van der Waals surface area contributed by atoms with Gasteiger partial charge in [-0.3, -0.25) is 4.79 Å². The first-order chi connectivity index (χ1) is 10.2. The third-order valence-electron chi connectivity index (χ3n) is 4.15. The molecule has 0 aliphatic heterocycles. The molecule has 1 aromatic rings. The number of aliphatic hydroxyl groups is 1. The molecule has 0 heterocycles. The fourth-order valence-corrected chi connectivity index (χ4v) is 2.58. The Labute approximate surface area is 127 Å². The maximum Gasteiger partial charge on any atom is 0.254 e. The first-order valence-electron chi connectivity index (χ1n) is 7.65. The summed E-state index contributed by atoms with van der Waals surface area (Å²) in [5.41, 5.74) is 2.47. The average molecular weight is 285 g/mol. The van der Waals surface area contributed by atoms with Gasteiger partial charge < -0.3 is 10.0 Å². The highest BCUT2D eigenvalue weighted by molar-refractivity contribution is 5.96. The van der Waals surface area contributed by atoms with Gasteiger partial charge in [-0.2, -0.15) is 0 Å². The van der Waals surface area contributed by atoms with Crippen LogP contribution < -0.4 is 0 Å². The van der Waals surface area contributed by atoms with Crippen LogP contribution in [0.1, 0.15) is 47.7 Å². The number of nitrogens with zero attached hydrogens (tertiary/aromatic N) is 1. The van der Waals surface area contributed by atoms with Gasteiger partial charge >= 0.3 is 0 Å². The van der Waals surface area contributed by atoms with Gasteiger partial charge in [0.05, 0.1) is 0 Å². The topological polar surface area (TPSA) is 40.5 Å². The van der Waals surface area contributed by atoms with Crippen LogP contribution in [0.15, 0.2) is 18.2 Å². The summed E-state index contributed by atoms with van der Waals surface area (Å²) in [4.78, 5) is 14.7. The van der Waals surface area contributed by atoms with E-state index in [0.29, 0.717) is 5.92 Å². The van der Waals surface area contributed by atoms with Crippen LogP contribution in [0.25, 0.3) is 0 Å². The summed E-state index contributed by atoms with van der Waals surface area (Å²) in [6, 6.07) is 5.65. The zero-order valence-corrected chi connectivity index (χ0v) is 12.9. The van der Waals surface area contributed by atoms with Gasteiger partial charge in [0.25, 0.3) is 5.91 Å². The smallest absolute Gasteiger partial charge is 0.254 e. The molecule has 0 aromatic heterocycles. The molecule has 1 saturated carbocycles. The molecular formula is C18H23NO2. The lowest BCUT2D eigenvalue weighted by atomic mass is 9.85. The van der Waals surface area contributed by atoms with Crippen LogP contribution in [-0.4, -0.2) is 35.6 Å². The third kappa shape index (κ3) is 3.86. The third-order valence-corrected chi connectivity index (χ3v) is 4.15. The van der Waals surface area contributed by atoms with Gasteiger partial charge in [-0.25, -0.2) is 0 Å². The summed E-state index contributed by atoms with van der Waals surface area (Å²) in [6.45, 7) is 5.41. The number of amides is 1. The number of carbonyl (C=O) groups excluding carboxylic acids is 1. The van der Waals surface area contributed by atoms with Gasteiger partial charge in [0.1, 0.15) is 6.61 Å². The molecule has 0 unspecified atom stereocenters. The van der Waals surface area contributed by atoms with Crippen molar-refractivity contribution in [2.75, 3.05) is 19.7 Å². The molecule has 1 aromatic carbocycles. The molecule has 2 rings (SSSR count). The number of hydrogen-bond acceptors (Lipinski definition) is 2. The molecule has 0 bridgehead atoms. The first-order valence-corrected chi connectivity index (χ1v) is 7.65. The zero-order valence-electron chi connectivity index (χ0n) is 12.9. The Kier molecular flexibility index (Phi) is 5.41. The van der Waals surface area contributed by atoms with Crippen LogP contribution in [0.3, 0.4) is 0 Å². The highest BCUT2D eigenvalue weighted by atomic mass is 16.2. The fraction of sp³-hybridized carbons (Fsp3) is 0.500. The number of aliphatic hydroxyl groups excluding tert-OH is 1. The molecule has 3 nitrogen and oxygen atoms in total. The summed E-state index contributed by atoms with van der Waals surface area (Å²) >= 11 is 0. The molecule has 112 valence electrons. The number of carbonyl (C=O) groups is 1. The number of hydrogen-bond donors (Lipinski definition) is 1. The van der Waals surface area contributed by atoms with Crippen molar-refractivity contribution in [1.82, 2.24) is 4.90 Å². The van der Waals surface area contributed by atoms with Crippen molar-refractivity contribution >= 4 is 5.91 Å². The van der Waals surface area contributed by atoms with E-state index in [1.54, 1.807) is 0 Å². The first kappa shape index (κ1) is 15.6. The fourth-order valence-electron chi connectivity index (χ4n) is 2.58. The van der Waals surface area contributed by atoms with Crippen molar-refractivity contribution in [2.24, 2.45) is 5.92 Å². The Bertz CT molecular complexity index is 564. The lowest BCUT2D eigenvalue weighted by molar-refractivity contribution is 0.0705. The summed E-state index contributed by atoms with van der Waals surface area (Å²) in [7, 11) is 0. The van der Waals surface area contributed by atoms with E-state index in [4.69, 9.17) is 5.11 Å². The van der Waals surface area contributed by atoms with Gasteiger partial charge in [0, 0.05) is 24.2 Å². The Morgan fingerprint density at radius 1 is 1.43 bits per heavy atom. The molecule has 3 heteroatoms. The molecule has 0 spiro atoms. The predicted octanol–water partition coefficient (Wildman–Crippen LogP) is 2.60. The number of rotatable bonds is 4. The Balaban J connectivity index is 2.19. The second-order valence-corrected chi connectivity index (χ2v) is 5.63. The molecule has 0 saturated heterocycles. The number of benzene rings is 1. The lowest BCUT2D eigenvalue weighted by Gasteiger charge is -2.32. The maximum atomic E-state index is 12.7. The second kappa shape index (κ2) is 7.28. The summed E-state index contributed by atoms with van der Waals surface area (Å²) < 4.78 is 0. The SMILES string of the molecule is CCN(CC1CCC1)C(=O)c1cc(C#CCO)ccc1C. The van der Waals surface area contributed by atoms with Crippen molar-refractivity contribution < 1.29 is 9.90 Å². The van der Waals surface area contributed by atoms with E-state index in [1.165, 1.54) is 19.3 Å². The van der Waals surface area contributed by atoms with E-state index >= 15 is 0 Å². The van der Waals surface area contributed by atoms with Crippen LogP contribution in [0.4, 0.5) is 0 Å². The van der Waals surface area contributed by atoms with Gasteiger partial charge in [-0.1, -0.05) is 24.3 Å². The van der Waals surface area contributed by atoms with Crippen molar-refractivity contribution in [3.63, 3.8) is 0 Å². The van der Waals surface area contributed by atoms with Crippen LogP contribution in [-0.2, 0) is 0 Å². The van der Waals surface area contributed by atoms with E-state index in [9.17, 15) is 4.79 Å². The van der Waals surface area contributed by atoms with Crippen LogP contribution in [0, 0.1) is 24.7 Å². The lowest BCUT2D eigenvalue weighted by Crippen LogP contribution is -2.37. The summed E-state index contributed by atoms with van der Waals surface area (Å²) in [5, 5.41) is 8.77. The molecule has 1 aliphatic carbocycles. The Morgan fingerprint density at radius 2 is 2.19 bits per heavy atom. The molecule has 1 aliphatic rings. The highest BCUT2D eigenvalue weighted by Gasteiger charge is 2.24. The van der Waals surface area contributed by atoms with E-state index in [1.807, 2.05) is 36.9 Å². The van der Waals surface area contributed by atoms with E-state index in [-0.39, 0.29) is 12.5 Å². The Hall–Kier alpha value is -1.79. The van der Waals surface area contributed by atoms with E-state index in [2.05, 4.69) is 11.8 Å². The van der Waals surface area contributed by atoms with Crippen molar-refractivity contribution in [2.45, 2.75) is 33.1 Å². The molecule has 21 heavy (non-hydrogen) atoms. The largest absolute Gasteiger partial charge is 0.384 e. The zero-order chi connectivity index (χ0) is 15.2. The molecule has 1 fully saturated rings. The van der Waals surface area contributed by atoms with Crippen LogP contribution in [0.2, 0.25) is 0 Å². The molecular weight excluding hydrogens is 262 g/mol. The van der Waals surface area contributed by atoms with Crippen LogP contribution in [0.5, 0.6) is 0 Å². The van der Waals surface area contributed by atoms with Gasteiger partial charge in [-0.15, -0.1) is 0 Å². The van der Waals surface area contributed by atoms with Crippen molar-refractivity contribution in [3.05, 3.63) is 34.9 Å².